The zero-order valence-corrected chi connectivity index (χ0v) is 16.2. The van der Waals surface area contributed by atoms with Crippen LogP contribution >= 0.6 is 11.3 Å². The van der Waals surface area contributed by atoms with Crippen molar-refractivity contribution in [2.45, 2.75) is 19.6 Å². The normalized spacial score (nSPS) is 10.9. The van der Waals surface area contributed by atoms with E-state index in [1.807, 2.05) is 29.6 Å². The van der Waals surface area contributed by atoms with E-state index >= 15 is 0 Å². The number of thiazole rings is 1. The van der Waals surface area contributed by atoms with Crippen LogP contribution in [0, 0.1) is 0 Å². The first-order chi connectivity index (χ1) is 13.8. The maximum Gasteiger partial charge on any atom is 0.251 e. The Hall–Kier alpha value is -3.12. The van der Waals surface area contributed by atoms with Crippen LogP contribution in [0.5, 0.6) is 5.75 Å². The molecule has 2 aromatic carbocycles. The first kappa shape index (κ1) is 18.3. The Morgan fingerprint density at radius 2 is 1.96 bits per heavy atom. The molecule has 6 heteroatoms. The van der Waals surface area contributed by atoms with E-state index < -0.39 is 0 Å². The largest absolute Gasteiger partial charge is 0.487 e. The molecule has 0 aliphatic rings. The van der Waals surface area contributed by atoms with Crippen molar-refractivity contribution < 1.29 is 9.53 Å². The minimum absolute atomic E-state index is 0.0663. The molecule has 0 fully saturated rings. The van der Waals surface area contributed by atoms with Crippen molar-refractivity contribution in [3.05, 3.63) is 82.9 Å². The molecule has 0 spiro atoms. The van der Waals surface area contributed by atoms with Gasteiger partial charge in [-0.1, -0.05) is 18.2 Å². The summed E-state index contributed by atoms with van der Waals surface area (Å²) in [6.07, 6.45) is 2.97. The molecule has 5 nitrogen and oxygen atoms in total. The van der Waals surface area contributed by atoms with Gasteiger partial charge >= 0.3 is 0 Å². The Balaban J connectivity index is 1.23. The number of hydrogen-bond donors (Lipinski definition) is 1. The number of nitrogens with one attached hydrogen (secondary N) is 1. The number of aromatic nitrogens is 2. The van der Waals surface area contributed by atoms with Gasteiger partial charge in [-0.15, -0.1) is 11.3 Å². The molecule has 1 amide bonds. The highest BCUT2D eigenvalue weighted by Crippen LogP contribution is 2.16. The number of carbonyl (C=O) groups excluding carboxylic acids is 1. The Morgan fingerprint density at radius 3 is 2.79 bits per heavy atom. The highest BCUT2D eigenvalue weighted by molar-refractivity contribution is 7.07. The molecular formula is C22H21N3O2S. The van der Waals surface area contributed by atoms with E-state index in [2.05, 4.69) is 39.3 Å². The minimum Gasteiger partial charge on any atom is -0.487 e. The second kappa shape index (κ2) is 8.71. The maximum atomic E-state index is 12.3. The molecule has 2 heterocycles. The van der Waals surface area contributed by atoms with Crippen LogP contribution in [0.1, 0.15) is 22.5 Å². The van der Waals surface area contributed by atoms with Crippen LogP contribution in [0.25, 0.3) is 10.9 Å². The van der Waals surface area contributed by atoms with E-state index in [1.54, 1.807) is 29.0 Å². The topological polar surface area (TPSA) is 56.2 Å². The Kier molecular flexibility index (Phi) is 5.68. The van der Waals surface area contributed by atoms with Gasteiger partial charge in [0.15, 0.2) is 0 Å². The lowest BCUT2D eigenvalue weighted by molar-refractivity contribution is 0.0952. The Labute approximate surface area is 167 Å². The SMILES string of the molecule is O=C(NCCCn1ccc2ccccc21)c1ccc(OCc2cscn2)cc1. The van der Waals surface area contributed by atoms with E-state index in [4.69, 9.17) is 4.74 Å². The summed E-state index contributed by atoms with van der Waals surface area (Å²) in [5, 5.41) is 6.18. The molecule has 142 valence electrons. The number of benzene rings is 2. The van der Waals surface area contributed by atoms with Crippen LogP contribution in [0.4, 0.5) is 0 Å². The van der Waals surface area contributed by atoms with Gasteiger partial charge < -0.3 is 14.6 Å². The van der Waals surface area contributed by atoms with Crippen LogP contribution in [0.2, 0.25) is 0 Å². The summed E-state index contributed by atoms with van der Waals surface area (Å²) in [6.45, 7) is 1.94. The number of hydrogen-bond acceptors (Lipinski definition) is 4. The molecule has 4 rings (SSSR count). The number of rotatable bonds is 8. The van der Waals surface area contributed by atoms with Crippen LogP contribution in [-0.4, -0.2) is 22.0 Å². The van der Waals surface area contributed by atoms with Gasteiger partial charge in [-0.05, 0) is 48.2 Å². The molecule has 0 aliphatic carbocycles. The van der Waals surface area contributed by atoms with Gasteiger partial charge in [-0.2, -0.15) is 0 Å². The number of amides is 1. The fraction of sp³-hybridized carbons (Fsp3) is 0.182. The second-order valence-corrected chi connectivity index (χ2v) is 7.19. The highest BCUT2D eigenvalue weighted by atomic mass is 32.1. The highest BCUT2D eigenvalue weighted by Gasteiger charge is 2.06. The third-order valence-electron chi connectivity index (χ3n) is 4.53. The Morgan fingerprint density at radius 1 is 1.11 bits per heavy atom. The molecule has 1 N–H and O–H groups in total. The van der Waals surface area contributed by atoms with Gasteiger partial charge in [-0.25, -0.2) is 4.98 Å². The molecular weight excluding hydrogens is 370 g/mol. The van der Waals surface area contributed by atoms with Gasteiger partial charge in [-0.3, -0.25) is 4.79 Å². The molecule has 0 saturated carbocycles. The zero-order valence-electron chi connectivity index (χ0n) is 15.4. The summed E-state index contributed by atoms with van der Waals surface area (Å²) >= 11 is 1.54. The number of carbonyl (C=O) groups is 1. The second-order valence-electron chi connectivity index (χ2n) is 6.47. The summed E-state index contributed by atoms with van der Waals surface area (Å²) in [7, 11) is 0. The van der Waals surface area contributed by atoms with Crippen LogP contribution < -0.4 is 10.1 Å². The lowest BCUT2D eigenvalue weighted by Crippen LogP contribution is -2.25. The first-order valence-electron chi connectivity index (χ1n) is 9.21. The van der Waals surface area contributed by atoms with Crippen molar-refractivity contribution >= 4 is 28.1 Å². The fourth-order valence-corrected chi connectivity index (χ4v) is 3.60. The summed E-state index contributed by atoms with van der Waals surface area (Å²) in [4.78, 5) is 16.5. The summed E-state index contributed by atoms with van der Waals surface area (Å²) < 4.78 is 7.89. The van der Waals surface area contributed by atoms with E-state index in [0.29, 0.717) is 18.7 Å². The van der Waals surface area contributed by atoms with Crippen LogP contribution in [-0.2, 0) is 13.2 Å². The standard InChI is InChI=1S/C22H21N3O2S/c26-22(18-6-8-20(9-7-18)27-14-19-15-28-16-24-19)23-11-3-12-25-13-10-17-4-1-2-5-21(17)25/h1-2,4-10,13,15-16H,3,11-12,14H2,(H,23,26). The van der Waals surface area contributed by atoms with Gasteiger partial charge in [0.25, 0.3) is 5.91 Å². The number of para-hydroxylation sites is 1. The zero-order chi connectivity index (χ0) is 19.2. The monoisotopic (exact) mass is 391 g/mol. The Bertz CT molecular complexity index is 1040. The maximum absolute atomic E-state index is 12.3. The predicted octanol–water partition coefficient (Wildman–Crippen LogP) is 4.50. The molecule has 4 aromatic rings. The van der Waals surface area contributed by atoms with Crippen molar-refractivity contribution in [3.8, 4) is 5.75 Å². The first-order valence-corrected chi connectivity index (χ1v) is 10.2. The third-order valence-corrected chi connectivity index (χ3v) is 5.16. The van der Waals surface area contributed by atoms with Crippen molar-refractivity contribution in [1.29, 1.82) is 0 Å². The number of aryl methyl sites for hydroxylation is 1. The molecule has 0 radical (unpaired) electrons. The smallest absolute Gasteiger partial charge is 0.251 e. The quantitative estimate of drug-likeness (QED) is 0.450. The molecule has 0 unspecified atom stereocenters. The third kappa shape index (κ3) is 4.40. The summed E-state index contributed by atoms with van der Waals surface area (Å²) in [5.41, 5.74) is 4.54. The summed E-state index contributed by atoms with van der Waals surface area (Å²) in [6, 6.07) is 17.6. The van der Waals surface area contributed by atoms with Gasteiger partial charge in [0.1, 0.15) is 12.4 Å². The minimum atomic E-state index is -0.0663. The van der Waals surface area contributed by atoms with Crippen molar-refractivity contribution in [2.24, 2.45) is 0 Å². The van der Waals surface area contributed by atoms with Crippen molar-refractivity contribution in [2.75, 3.05) is 6.54 Å². The van der Waals surface area contributed by atoms with Gasteiger partial charge in [0.05, 0.1) is 11.2 Å². The van der Waals surface area contributed by atoms with E-state index in [1.165, 1.54) is 10.9 Å². The molecule has 0 atom stereocenters. The lowest BCUT2D eigenvalue weighted by atomic mass is 10.2. The number of ether oxygens (including phenoxy) is 1. The molecule has 0 bridgehead atoms. The lowest BCUT2D eigenvalue weighted by Gasteiger charge is -2.08. The van der Waals surface area contributed by atoms with E-state index in [9.17, 15) is 4.79 Å². The molecule has 28 heavy (non-hydrogen) atoms. The number of nitrogens with zero attached hydrogens (tertiary/aromatic N) is 2. The molecule has 0 aliphatic heterocycles. The summed E-state index contributed by atoms with van der Waals surface area (Å²) in [5.74, 6) is 0.660. The van der Waals surface area contributed by atoms with Crippen molar-refractivity contribution in [3.63, 3.8) is 0 Å². The number of fused-ring (bicyclic) bond motifs is 1. The van der Waals surface area contributed by atoms with E-state index in [0.717, 1.165) is 24.4 Å². The van der Waals surface area contributed by atoms with Crippen LogP contribution in [0.15, 0.2) is 71.7 Å². The van der Waals surface area contributed by atoms with Gasteiger partial charge in [0.2, 0.25) is 0 Å². The van der Waals surface area contributed by atoms with Crippen LogP contribution in [0.3, 0.4) is 0 Å². The van der Waals surface area contributed by atoms with E-state index in [-0.39, 0.29) is 5.91 Å². The molecule has 0 saturated heterocycles. The van der Waals surface area contributed by atoms with Crippen molar-refractivity contribution in [1.82, 2.24) is 14.9 Å². The average molecular weight is 391 g/mol. The molecule has 2 aromatic heterocycles. The predicted molar refractivity (Wildman–Crippen MR) is 112 cm³/mol. The van der Waals surface area contributed by atoms with Gasteiger partial charge in [0, 0.05) is 35.7 Å². The average Bonchev–Trinajstić information content (AvgIpc) is 3.40. The fourth-order valence-electron chi connectivity index (χ4n) is 3.06.